The Labute approximate surface area is 217 Å². The standard InChI is InChI=1S/C26H36N4O5S/c1-7-14-29-22(27)21(24(33)30(15-8-2)25(29)34)28-23(32)19(9-3)17-10-12-18(13-11-17)36-16-20(31)35-26(4,5)6/h10-13,19,27H,7-9,14-16H2,1-6H3/p+1. The molecule has 0 saturated carbocycles. The Morgan fingerprint density at radius 3 is 2.28 bits per heavy atom. The molecule has 9 nitrogen and oxygen atoms in total. The summed E-state index contributed by atoms with van der Waals surface area (Å²) in [6.45, 7) is 11.6. The van der Waals surface area contributed by atoms with Crippen molar-refractivity contribution in [1.29, 1.82) is 0 Å². The van der Waals surface area contributed by atoms with Crippen LogP contribution in [0.15, 0.2) is 34.2 Å². The summed E-state index contributed by atoms with van der Waals surface area (Å²) < 4.78 is 6.63. The van der Waals surface area contributed by atoms with Gasteiger partial charge in [-0.1, -0.05) is 32.9 Å². The number of nitrogens with two attached hydrogens (primary N) is 1. The van der Waals surface area contributed by atoms with E-state index in [0.29, 0.717) is 25.8 Å². The summed E-state index contributed by atoms with van der Waals surface area (Å²) in [5.74, 6) is -1.94. The van der Waals surface area contributed by atoms with Gasteiger partial charge in [-0.05, 0) is 57.7 Å². The minimum Gasteiger partial charge on any atom is -0.459 e. The number of aliphatic imine (C=N–C) groups is 1. The molecule has 1 aromatic rings. The summed E-state index contributed by atoms with van der Waals surface area (Å²) in [4.78, 5) is 56.9. The highest BCUT2D eigenvalue weighted by molar-refractivity contribution is 8.00. The quantitative estimate of drug-likeness (QED) is 0.285. The number of carbonyl (C=O) groups is 4. The summed E-state index contributed by atoms with van der Waals surface area (Å²) in [5.41, 5.74) is 6.16. The van der Waals surface area contributed by atoms with Gasteiger partial charge in [-0.15, -0.1) is 11.8 Å². The second-order valence-corrected chi connectivity index (χ2v) is 10.5. The van der Waals surface area contributed by atoms with Crippen LogP contribution in [-0.2, 0) is 19.1 Å². The van der Waals surface area contributed by atoms with Gasteiger partial charge in [0.05, 0.1) is 24.8 Å². The van der Waals surface area contributed by atoms with Gasteiger partial charge in [-0.2, -0.15) is 14.5 Å². The maximum atomic E-state index is 13.2. The van der Waals surface area contributed by atoms with Gasteiger partial charge in [0.1, 0.15) is 5.60 Å². The molecule has 2 N–H and O–H groups in total. The molecule has 0 radical (unpaired) electrons. The van der Waals surface area contributed by atoms with Gasteiger partial charge >= 0.3 is 17.9 Å². The lowest BCUT2D eigenvalue weighted by atomic mass is 9.96. The smallest absolute Gasteiger partial charge is 0.446 e. The monoisotopic (exact) mass is 517 g/mol. The lowest BCUT2D eigenvalue weighted by Crippen LogP contribution is -2.58. The van der Waals surface area contributed by atoms with Crippen molar-refractivity contribution in [3.63, 3.8) is 0 Å². The number of amides is 4. The molecule has 10 heteroatoms. The van der Waals surface area contributed by atoms with Gasteiger partial charge in [0.15, 0.2) is 0 Å². The van der Waals surface area contributed by atoms with Crippen LogP contribution in [0, 0.1) is 0 Å². The van der Waals surface area contributed by atoms with Crippen molar-refractivity contribution >= 4 is 47.1 Å². The molecule has 4 amide bonds. The molecule has 0 aliphatic carbocycles. The first-order chi connectivity index (χ1) is 16.9. The molecule has 36 heavy (non-hydrogen) atoms. The minimum absolute atomic E-state index is 0.0868. The van der Waals surface area contributed by atoms with Crippen LogP contribution in [0.5, 0.6) is 0 Å². The lowest BCUT2D eigenvalue weighted by molar-refractivity contribution is -0.436. The number of ether oxygens (including phenoxy) is 1. The number of nitrogens with zero attached hydrogens (tertiary/aromatic N) is 3. The molecule has 0 aromatic heterocycles. The Bertz CT molecular complexity index is 1060. The molecule has 0 fully saturated rings. The number of imide groups is 1. The number of thioether (sulfide) groups is 1. The van der Waals surface area contributed by atoms with Crippen LogP contribution in [-0.4, -0.2) is 69.3 Å². The second-order valence-electron chi connectivity index (χ2n) is 9.48. The first-order valence-corrected chi connectivity index (χ1v) is 13.2. The van der Waals surface area contributed by atoms with Gasteiger partial charge in [-0.3, -0.25) is 9.59 Å². The van der Waals surface area contributed by atoms with Crippen molar-refractivity contribution in [2.45, 2.75) is 77.2 Å². The highest BCUT2D eigenvalue weighted by Gasteiger charge is 2.43. The maximum absolute atomic E-state index is 13.2. The topological polar surface area (TPSA) is 122 Å². The molecule has 1 unspecified atom stereocenters. The molecule has 1 aliphatic rings. The van der Waals surface area contributed by atoms with Gasteiger partial charge < -0.3 is 10.5 Å². The Kier molecular flexibility index (Phi) is 10.4. The van der Waals surface area contributed by atoms with Gasteiger partial charge in [-0.25, -0.2) is 9.59 Å². The number of carbonyl (C=O) groups excluding carboxylic acids is 4. The predicted octanol–water partition coefficient (Wildman–Crippen LogP) is 3.73. The van der Waals surface area contributed by atoms with Crippen LogP contribution in [0.3, 0.4) is 0 Å². The molecule has 0 bridgehead atoms. The molecule has 1 aliphatic heterocycles. The summed E-state index contributed by atoms with van der Waals surface area (Å²) in [7, 11) is 0. The Morgan fingerprint density at radius 2 is 1.75 bits per heavy atom. The Balaban J connectivity index is 2.25. The van der Waals surface area contributed by atoms with E-state index in [1.165, 1.54) is 16.3 Å². The summed E-state index contributed by atoms with van der Waals surface area (Å²) in [6, 6.07) is 6.82. The number of benzene rings is 1. The van der Waals surface area contributed by atoms with E-state index in [1.54, 1.807) is 0 Å². The number of hydrogen-bond acceptors (Lipinski definition) is 7. The molecule has 196 valence electrons. The first kappa shape index (κ1) is 29.2. The van der Waals surface area contributed by atoms with Crippen LogP contribution in [0.2, 0.25) is 0 Å². The molecule has 0 saturated heterocycles. The molecule has 1 heterocycles. The molecule has 0 spiro atoms. The highest BCUT2D eigenvalue weighted by Crippen LogP contribution is 2.26. The fourth-order valence-corrected chi connectivity index (χ4v) is 4.39. The van der Waals surface area contributed by atoms with Crippen LogP contribution < -0.4 is 5.73 Å². The minimum atomic E-state index is -0.649. The van der Waals surface area contributed by atoms with Gasteiger partial charge in [0, 0.05) is 4.90 Å². The van der Waals surface area contributed by atoms with E-state index >= 15 is 0 Å². The Hall–Kier alpha value is -3.01. The molecule has 1 atom stereocenters. The zero-order valence-electron chi connectivity index (χ0n) is 22.0. The van der Waals surface area contributed by atoms with Crippen LogP contribution >= 0.6 is 11.8 Å². The predicted molar refractivity (Wildman–Crippen MR) is 140 cm³/mol. The second kappa shape index (κ2) is 12.8. The van der Waals surface area contributed by atoms with Gasteiger partial charge in [0.2, 0.25) is 5.71 Å². The lowest BCUT2D eigenvalue weighted by Gasteiger charge is -2.23. The Morgan fingerprint density at radius 1 is 1.11 bits per heavy atom. The average molecular weight is 518 g/mol. The summed E-state index contributed by atoms with van der Waals surface area (Å²) in [5, 5.41) is 0. The van der Waals surface area contributed by atoms with E-state index in [4.69, 9.17) is 10.5 Å². The maximum Gasteiger partial charge on any atom is 0.446 e. The van der Waals surface area contributed by atoms with Crippen molar-refractivity contribution in [3.05, 3.63) is 29.8 Å². The van der Waals surface area contributed by atoms with Crippen molar-refractivity contribution in [2.24, 2.45) is 10.7 Å². The number of esters is 1. The van der Waals surface area contributed by atoms with E-state index in [2.05, 4.69) is 4.99 Å². The third-order valence-corrected chi connectivity index (χ3v) is 6.31. The van der Waals surface area contributed by atoms with E-state index in [1.807, 2.05) is 65.8 Å². The van der Waals surface area contributed by atoms with Crippen LogP contribution in [0.4, 0.5) is 4.79 Å². The highest BCUT2D eigenvalue weighted by atomic mass is 32.2. The zero-order chi connectivity index (χ0) is 27.0. The summed E-state index contributed by atoms with van der Waals surface area (Å²) in [6.07, 6.45) is 1.68. The fourth-order valence-electron chi connectivity index (χ4n) is 3.72. The largest absolute Gasteiger partial charge is 0.459 e. The van der Waals surface area contributed by atoms with Crippen molar-refractivity contribution in [3.8, 4) is 0 Å². The van der Waals surface area contributed by atoms with Crippen LogP contribution in [0.1, 0.15) is 72.3 Å². The number of rotatable bonds is 10. The van der Waals surface area contributed by atoms with Gasteiger partial charge in [0.25, 0.3) is 11.7 Å². The number of amidine groups is 1. The first-order valence-electron chi connectivity index (χ1n) is 12.3. The molecule has 1 aromatic carbocycles. The van der Waals surface area contributed by atoms with Crippen molar-refractivity contribution in [1.82, 2.24) is 4.90 Å². The molecule has 2 rings (SSSR count). The van der Waals surface area contributed by atoms with E-state index in [9.17, 15) is 19.2 Å². The van der Waals surface area contributed by atoms with Crippen LogP contribution in [0.25, 0.3) is 0 Å². The average Bonchev–Trinajstić information content (AvgIpc) is 2.81. The third kappa shape index (κ3) is 7.49. The van der Waals surface area contributed by atoms with Crippen molar-refractivity contribution < 1.29 is 28.5 Å². The summed E-state index contributed by atoms with van der Waals surface area (Å²) >= 11 is 1.35. The van der Waals surface area contributed by atoms with E-state index in [-0.39, 0.29) is 29.8 Å². The zero-order valence-corrected chi connectivity index (χ0v) is 22.8. The fraction of sp³-hybridized carbons (Fsp3) is 0.538. The van der Waals surface area contributed by atoms with E-state index < -0.39 is 29.4 Å². The number of hydrogen-bond donors (Lipinski definition) is 1. The molecular formula is C26H37N4O5S+. The normalized spacial score (nSPS) is 16.5. The molecular weight excluding hydrogens is 480 g/mol. The van der Waals surface area contributed by atoms with E-state index in [0.717, 1.165) is 15.4 Å². The SMILES string of the molecule is CCCN1C(=O)C(=NC(=O)C(CC)c2ccc(SCC(=O)OC(C)(C)C)cc2)C(N)=[N+](CCC)C1=O. The number of urea groups is 1. The van der Waals surface area contributed by atoms with Crippen molar-refractivity contribution in [2.75, 3.05) is 18.8 Å². The third-order valence-electron chi connectivity index (χ3n) is 5.32.